The molecule has 68 valence electrons. The molecule has 0 saturated carbocycles. The summed E-state index contributed by atoms with van der Waals surface area (Å²) in [7, 11) is 0. The molecule has 0 spiro atoms. The van der Waals surface area contributed by atoms with Crippen molar-refractivity contribution >= 4 is 56.0 Å². The second-order valence-electron chi connectivity index (χ2n) is 1.13. The molecule has 0 fully saturated rings. The number of hydrogen-bond acceptors (Lipinski definition) is 5. The molecule has 9 nitrogen and oxygen atoms in total. The number of urea groups is 2. The van der Waals surface area contributed by atoms with Crippen molar-refractivity contribution in [1.29, 1.82) is 0 Å². The van der Waals surface area contributed by atoms with E-state index in [4.69, 9.17) is 15.0 Å². The molecule has 0 heterocycles. The van der Waals surface area contributed by atoms with Crippen LogP contribution in [0.25, 0.3) is 0 Å². The Morgan fingerprint density at radius 1 is 0.923 bits per heavy atom. The predicted molar refractivity (Wildman–Crippen MR) is 35.2 cm³/mol. The standard InChI is InChI=1S/C2H4N4O2.CH2O3.Ca/c3-1(7)5-6-2(4)8;2-1(3)4;/h(H2,3,7)(H2,4,8);(H2,2,3,4);/q;;+2/p-2/b6-5+;;. The van der Waals surface area contributed by atoms with Crippen molar-refractivity contribution in [2.24, 2.45) is 21.7 Å². The first-order valence-corrected chi connectivity index (χ1v) is 2.25. The molecular formula is C3H4CaN4O5. The van der Waals surface area contributed by atoms with Crippen LogP contribution in [0.5, 0.6) is 0 Å². The second kappa shape index (κ2) is 11.1. The molecule has 4 amide bonds. The number of carbonyl (C=O) groups is 3. The smallest absolute Gasteiger partial charge is 0.652 e. The van der Waals surface area contributed by atoms with E-state index in [1.165, 1.54) is 0 Å². The number of hydrogen-bond donors (Lipinski definition) is 2. The van der Waals surface area contributed by atoms with E-state index in [0.29, 0.717) is 0 Å². The molecule has 0 saturated heterocycles. The van der Waals surface area contributed by atoms with Crippen LogP contribution >= 0.6 is 0 Å². The van der Waals surface area contributed by atoms with Crippen LogP contribution in [0.1, 0.15) is 0 Å². The molecule has 4 N–H and O–H groups in total. The molecule has 0 aromatic heterocycles. The molecule has 10 heteroatoms. The third-order valence-corrected chi connectivity index (χ3v) is 0.247. The fourth-order valence-corrected chi connectivity index (χ4v) is 0.0986. The van der Waals surface area contributed by atoms with Crippen molar-refractivity contribution in [3.05, 3.63) is 0 Å². The van der Waals surface area contributed by atoms with Crippen LogP contribution in [0.4, 0.5) is 14.4 Å². The van der Waals surface area contributed by atoms with Gasteiger partial charge in [-0.15, -0.1) is 0 Å². The topological polar surface area (TPSA) is 174 Å². The zero-order chi connectivity index (χ0) is 10.1. The first-order valence-electron chi connectivity index (χ1n) is 2.25. The molecule has 0 rings (SSSR count). The molecule has 0 aliphatic heterocycles. The third kappa shape index (κ3) is 55.0. The maximum absolute atomic E-state index is 9.66. The number of nitrogens with two attached hydrogens (primary N) is 2. The first kappa shape index (κ1) is 18.0. The van der Waals surface area contributed by atoms with E-state index in [-0.39, 0.29) is 37.7 Å². The molecule has 0 radical (unpaired) electrons. The molecule has 0 bridgehead atoms. The summed E-state index contributed by atoms with van der Waals surface area (Å²) in [5, 5.41) is 21.9. The van der Waals surface area contributed by atoms with Gasteiger partial charge >= 0.3 is 49.8 Å². The van der Waals surface area contributed by atoms with E-state index < -0.39 is 18.2 Å². The number of azo groups is 1. The fourth-order valence-electron chi connectivity index (χ4n) is 0.0986. The summed E-state index contributed by atoms with van der Waals surface area (Å²) in [6, 6.07) is -2.08. The van der Waals surface area contributed by atoms with Gasteiger partial charge in [0.1, 0.15) is 0 Å². The van der Waals surface area contributed by atoms with Gasteiger partial charge in [0.25, 0.3) is 0 Å². The summed E-state index contributed by atoms with van der Waals surface area (Å²) in [5.41, 5.74) is 8.87. The molecule has 0 aliphatic rings. The summed E-state index contributed by atoms with van der Waals surface area (Å²) in [6.07, 6.45) is -2.33. The Labute approximate surface area is 102 Å². The molecule has 0 aromatic carbocycles. The molecule has 0 aromatic rings. The van der Waals surface area contributed by atoms with Crippen LogP contribution in [0, 0.1) is 0 Å². The van der Waals surface area contributed by atoms with Crippen LogP contribution in [0.2, 0.25) is 0 Å². The van der Waals surface area contributed by atoms with Crippen molar-refractivity contribution in [2.75, 3.05) is 0 Å². The van der Waals surface area contributed by atoms with Gasteiger partial charge in [-0.25, -0.2) is 9.59 Å². The minimum Gasteiger partial charge on any atom is -0.652 e. The summed E-state index contributed by atoms with van der Waals surface area (Å²) < 4.78 is 0. The van der Waals surface area contributed by atoms with Crippen molar-refractivity contribution in [3.8, 4) is 0 Å². The van der Waals surface area contributed by atoms with Crippen LogP contribution in [-0.4, -0.2) is 56.0 Å². The van der Waals surface area contributed by atoms with Crippen LogP contribution < -0.4 is 21.7 Å². The van der Waals surface area contributed by atoms with E-state index in [0.717, 1.165) is 0 Å². The number of rotatable bonds is 0. The van der Waals surface area contributed by atoms with Gasteiger partial charge in [-0.1, -0.05) is 10.2 Å². The molecule has 13 heavy (non-hydrogen) atoms. The second-order valence-corrected chi connectivity index (χ2v) is 1.13. The minimum atomic E-state index is -2.33. The summed E-state index contributed by atoms with van der Waals surface area (Å²) in [5.74, 6) is 0. The maximum atomic E-state index is 9.66. The van der Waals surface area contributed by atoms with Crippen LogP contribution in [0.3, 0.4) is 0 Å². The number of amides is 4. The first-order chi connectivity index (χ1) is 5.36. The number of nitrogens with zero attached hydrogens (tertiary/aromatic N) is 2. The Balaban J connectivity index is -0.000000173. The van der Waals surface area contributed by atoms with Crippen molar-refractivity contribution in [2.45, 2.75) is 0 Å². The Hall–Kier alpha value is -0.930. The largest absolute Gasteiger partial charge is 2.00 e. The normalized spacial score (nSPS) is 7.69. The average molecular weight is 216 g/mol. The molecule has 0 aliphatic carbocycles. The van der Waals surface area contributed by atoms with Crippen molar-refractivity contribution < 1.29 is 24.6 Å². The SMILES string of the molecule is NC(=O)/N=N/C(N)=O.O=C([O-])[O-].[Ca+2]. The quantitative estimate of drug-likeness (QED) is 0.319. The number of carbonyl (C=O) groups excluding carboxylic acids is 3. The summed E-state index contributed by atoms with van der Waals surface area (Å²) in [4.78, 5) is 27.6. The Morgan fingerprint density at radius 3 is 1.15 bits per heavy atom. The molecule has 0 atom stereocenters. The van der Waals surface area contributed by atoms with Crippen molar-refractivity contribution in [1.82, 2.24) is 0 Å². The predicted octanol–water partition coefficient (Wildman–Crippen LogP) is -3.23. The van der Waals surface area contributed by atoms with E-state index in [1.54, 1.807) is 0 Å². The Kier molecular flexibility index (Phi) is 15.3. The number of carboxylic acid groups (broad SMARTS) is 2. The van der Waals surface area contributed by atoms with Gasteiger partial charge in [0.2, 0.25) is 0 Å². The van der Waals surface area contributed by atoms with Gasteiger partial charge in [-0.05, 0) is 6.16 Å². The Morgan fingerprint density at radius 2 is 1.08 bits per heavy atom. The summed E-state index contributed by atoms with van der Waals surface area (Å²) in [6.45, 7) is 0. The van der Waals surface area contributed by atoms with Gasteiger partial charge in [0.15, 0.2) is 0 Å². The van der Waals surface area contributed by atoms with Crippen molar-refractivity contribution in [3.63, 3.8) is 0 Å². The van der Waals surface area contributed by atoms with Gasteiger partial charge in [0, 0.05) is 0 Å². The van der Waals surface area contributed by atoms with Gasteiger partial charge in [0.05, 0.1) is 0 Å². The van der Waals surface area contributed by atoms with Crippen LogP contribution in [0.15, 0.2) is 10.2 Å². The van der Waals surface area contributed by atoms with Gasteiger partial charge < -0.3 is 26.5 Å². The maximum Gasteiger partial charge on any atom is 2.00 e. The summed E-state index contributed by atoms with van der Waals surface area (Å²) >= 11 is 0. The van der Waals surface area contributed by atoms with Gasteiger partial charge in [-0.3, -0.25) is 0 Å². The van der Waals surface area contributed by atoms with E-state index >= 15 is 0 Å². The molecule has 0 unspecified atom stereocenters. The van der Waals surface area contributed by atoms with Crippen LogP contribution in [-0.2, 0) is 0 Å². The monoisotopic (exact) mass is 216 g/mol. The fraction of sp³-hybridized carbons (Fsp3) is 0. The van der Waals surface area contributed by atoms with E-state index in [1.807, 2.05) is 0 Å². The molecular weight excluding hydrogens is 212 g/mol. The van der Waals surface area contributed by atoms with E-state index in [9.17, 15) is 9.59 Å². The minimum absolute atomic E-state index is 0. The third-order valence-electron chi connectivity index (χ3n) is 0.247. The average Bonchev–Trinajstić information content (AvgIpc) is 1.82. The Bertz CT molecular complexity index is 196. The number of primary amides is 2. The van der Waals surface area contributed by atoms with Gasteiger partial charge in [-0.2, -0.15) is 0 Å². The zero-order valence-corrected chi connectivity index (χ0v) is 8.51. The zero-order valence-electron chi connectivity index (χ0n) is 6.30. The van der Waals surface area contributed by atoms with E-state index in [2.05, 4.69) is 21.7 Å².